The van der Waals surface area contributed by atoms with E-state index in [1.165, 1.54) is 0 Å². The lowest BCUT2D eigenvalue weighted by Gasteiger charge is -2.32. The van der Waals surface area contributed by atoms with Gasteiger partial charge in [0.25, 0.3) is 0 Å². The van der Waals surface area contributed by atoms with Crippen molar-refractivity contribution < 1.29 is 13.5 Å². The second-order valence-electron chi connectivity index (χ2n) is 5.61. The molecule has 0 aliphatic carbocycles. The van der Waals surface area contributed by atoms with Crippen LogP contribution in [0.5, 0.6) is 0 Å². The van der Waals surface area contributed by atoms with E-state index >= 15 is 0 Å². The first-order valence-electron chi connectivity index (χ1n) is 6.02. The Labute approximate surface area is 111 Å². The Morgan fingerprint density at radius 3 is 2.17 bits per heavy atom. The molecule has 1 aromatic rings. The fourth-order valence-corrected chi connectivity index (χ4v) is 2.39. The molecule has 2 rings (SSSR count). The van der Waals surface area contributed by atoms with Gasteiger partial charge in [-0.3, -0.25) is 4.21 Å². The van der Waals surface area contributed by atoms with Crippen LogP contribution in [0.3, 0.4) is 0 Å². The molecule has 0 radical (unpaired) electrons. The number of hydrogen-bond acceptors (Lipinski definition) is 3. The van der Waals surface area contributed by atoms with Gasteiger partial charge >= 0.3 is 7.12 Å². The second kappa shape index (κ2) is 4.47. The van der Waals surface area contributed by atoms with Crippen LogP contribution in [-0.4, -0.2) is 28.8 Å². The first-order valence-corrected chi connectivity index (χ1v) is 7.58. The van der Waals surface area contributed by atoms with Gasteiger partial charge in [-0.25, -0.2) is 0 Å². The quantitative estimate of drug-likeness (QED) is 0.765. The van der Waals surface area contributed by atoms with Gasteiger partial charge in [0, 0.05) is 22.0 Å². The van der Waals surface area contributed by atoms with Gasteiger partial charge in [0.1, 0.15) is 0 Å². The van der Waals surface area contributed by atoms with Crippen LogP contribution in [0, 0.1) is 0 Å². The summed E-state index contributed by atoms with van der Waals surface area (Å²) < 4.78 is 23.4. The largest absolute Gasteiger partial charge is 0.494 e. The molecule has 1 aliphatic heterocycles. The minimum absolute atomic E-state index is 0.348. The maximum Gasteiger partial charge on any atom is 0.494 e. The highest BCUT2D eigenvalue weighted by atomic mass is 32.2. The Balaban J connectivity index is 2.30. The minimum Gasteiger partial charge on any atom is -0.399 e. The lowest BCUT2D eigenvalue weighted by molar-refractivity contribution is 0.00578. The van der Waals surface area contributed by atoms with Crippen molar-refractivity contribution in [2.24, 2.45) is 0 Å². The Kier molecular flexibility index (Phi) is 3.43. The van der Waals surface area contributed by atoms with Crippen molar-refractivity contribution in [3.05, 3.63) is 24.3 Å². The molecule has 1 saturated heterocycles. The van der Waals surface area contributed by atoms with Crippen molar-refractivity contribution in [2.45, 2.75) is 43.8 Å². The summed E-state index contributed by atoms with van der Waals surface area (Å²) in [5.41, 5.74) is 0.222. The molecule has 0 amide bonds. The Bertz CT molecular complexity index is 469. The molecular weight excluding hydrogens is 247 g/mol. The zero-order chi connectivity index (χ0) is 13.6. The fraction of sp³-hybridized carbons (Fsp3) is 0.538. The van der Waals surface area contributed by atoms with Gasteiger partial charge in [-0.1, -0.05) is 12.1 Å². The van der Waals surface area contributed by atoms with Gasteiger partial charge in [0.15, 0.2) is 0 Å². The van der Waals surface area contributed by atoms with E-state index < -0.39 is 17.9 Å². The van der Waals surface area contributed by atoms with Gasteiger partial charge < -0.3 is 9.31 Å². The highest BCUT2D eigenvalue weighted by Crippen LogP contribution is 2.36. The maximum absolute atomic E-state index is 11.5. The molecule has 0 spiro atoms. The Morgan fingerprint density at radius 2 is 1.67 bits per heavy atom. The zero-order valence-corrected chi connectivity index (χ0v) is 12.3. The van der Waals surface area contributed by atoms with E-state index in [9.17, 15) is 4.21 Å². The standard InChI is InChI=1S/C13H19BO3S/c1-12(2)13(3,4)17-14(16-12)10-7-6-8-11(9-10)18(5)15/h6-9H,1-5H3/t18-/m1/s1. The van der Waals surface area contributed by atoms with Gasteiger partial charge in [0.2, 0.25) is 0 Å². The van der Waals surface area contributed by atoms with Crippen LogP contribution in [-0.2, 0) is 20.1 Å². The molecule has 1 heterocycles. The van der Waals surface area contributed by atoms with Crippen LogP contribution in [0.1, 0.15) is 27.7 Å². The zero-order valence-electron chi connectivity index (χ0n) is 11.5. The van der Waals surface area contributed by atoms with Gasteiger partial charge in [0.05, 0.1) is 11.2 Å². The summed E-state index contributed by atoms with van der Waals surface area (Å²) in [5.74, 6) is 0. The monoisotopic (exact) mass is 266 g/mol. The summed E-state index contributed by atoms with van der Waals surface area (Å²) in [7, 11) is -1.38. The van der Waals surface area contributed by atoms with Crippen molar-refractivity contribution in [1.29, 1.82) is 0 Å². The third-order valence-electron chi connectivity index (χ3n) is 3.72. The van der Waals surface area contributed by atoms with Gasteiger partial charge in [-0.05, 0) is 45.3 Å². The number of hydrogen-bond donors (Lipinski definition) is 0. The van der Waals surface area contributed by atoms with Crippen LogP contribution < -0.4 is 5.46 Å². The summed E-state index contributed by atoms with van der Waals surface area (Å²) in [6.45, 7) is 8.09. The van der Waals surface area contributed by atoms with Crippen molar-refractivity contribution in [3.8, 4) is 0 Å². The van der Waals surface area contributed by atoms with Gasteiger partial charge in [-0.2, -0.15) is 0 Å². The predicted octanol–water partition coefficient (Wildman–Crippen LogP) is 1.72. The molecule has 5 heteroatoms. The van der Waals surface area contributed by atoms with Crippen molar-refractivity contribution in [3.63, 3.8) is 0 Å². The first-order chi connectivity index (χ1) is 8.23. The minimum atomic E-state index is -0.989. The Hall–Kier alpha value is -0.645. The summed E-state index contributed by atoms with van der Waals surface area (Å²) in [5, 5.41) is 0. The molecule has 1 aromatic carbocycles. The van der Waals surface area contributed by atoms with Crippen LogP contribution in [0.25, 0.3) is 0 Å². The highest BCUT2D eigenvalue weighted by Gasteiger charge is 2.51. The molecule has 0 N–H and O–H groups in total. The van der Waals surface area contributed by atoms with Crippen molar-refractivity contribution >= 4 is 23.4 Å². The fourth-order valence-electron chi connectivity index (χ4n) is 1.82. The van der Waals surface area contributed by atoms with E-state index in [0.29, 0.717) is 0 Å². The predicted molar refractivity (Wildman–Crippen MR) is 74.5 cm³/mol. The van der Waals surface area contributed by atoms with E-state index in [2.05, 4.69) is 0 Å². The smallest absolute Gasteiger partial charge is 0.399 e. The first kappa shape index (κ1) is 13.8. The molecule has 0 saturated carbocycles. The summed E-state index contributed by atoms with van der Waals surface area (Å²) >= 11 is 0. The van der Waals surface area contributed by atoms with E-state index in [1.54, 1.807) is 6.26 Å². The van der Waals surface area contributed by atoms with Crippen LogP contribution in [0.2, 0.25) is 0 Å². The summed E-state index contributed by atoms with van der Waals surface area (Å²) in [6.07, 6.45) is 1.67. The molecule has 98 valence electrons. The number of benzene rings is 1. The lowest BCUT2D eigenvalue weighted by Crippen LogP contribution is -2.41. The van der Waals surface area contributed by atoms with Crippen molar-refractivity contribution in [2.75, 3.05) is 6.26 Å². The maximum atomic E-state index is 11.5. The number of rotatable bonds is 2. The van der Waals surface area contributed by atoms with Gasteiger partial charge in [-0.15, -0.1) is 0 Å². The van der Waals surface area contributed by atoms with Crippen molar-refractivity contribution in [1.82, 2.24) is 0 Å². The average molecular weight is 266 g/mol. The van der Waals surface area contributed by atoms with E-state index in [-0.39, 0.29) is 11.2 Å². The third-order valence-corrected chi connectivity index (χ3v) is 4.63. The molecule has 0 unspecified atom stereocenters. The van der Waals surface area contributed by atoms with E-state index in [1.807, 2.05) is 52.0 Å². The van der Waals surface area contributed by atoms with E-state index in [4.69, 9.17) is 9.31 Å². The molecule has 3 nitrogen and oxygen atoms in total. The highest BCUT2D eigenvalue weighted by molar-refractivity contribution is 7.84. The molecule has 18 heavy (non-hydrogen) atoms. The third kappa shape index (κ3) is 2.39. The average Bonchev–Trinajstić information content (AvgIpc) is 2.48. The Morgan fingerprint density at radius 1 is 1.11 bits per heavy atom. The van der Waals surface area contributed by atoms with E-state index in [0.717, 1.165) is 10.4 Å². The summed E-state index contributed by atoms with van der Waals surface area (Å²) in [6, 6.07) is 7.57. The topological polar surface area (TPSA) is 35.5 Å². The molecular formula is C13H19BO3S. The molecule has 0 aromatic heterocycles. The summed E-state index contributed by atoms with van der Waals surface area (Å²) in [4.78, 5) is 0.794. The lowest BCUT2D eigenvalue weighted by atomic mass is 9.79. The normalized spacial score (nSPS) is 23.1. The van der Waals surface area contributed by atoms with Crippen LogP contribution in [0.15, 0.2) is 29.2 Å². The molecule has 1 atom stereocenters. The molecule has 0 bridgehead atoms. The molecule has 1 aliphatic rings. The second-order valence-corrected chi connectivity index (χ2v) is 6.99. The van der Waals surface area contributed by atoms with Crippen LogP contribution >= 0.6 is 0 Å². The van der Waals surface area contributed by atoms with Crippen LogP contribution in [0.4, 0.5) is 0 Å². The SMILES string of the molecule is C[S@@](=O)c1cccc(B2OC(C)(C)C(C)(C)O2)c1. The molecule has 1 fully saturated rings.